The smallest absolute Gasteiger partial charge is 0.240 e. The van der Waals surface area contributed by atoms with Gasteiger partial charge in [0.1, 0.15) is 0 Å². The molecule has 0 aromatic heterocycles. The van der Waals surface area contributed by atoms with Crippen molar-refractivity contribution in [2.75, 3.05) is 26.2 Å². The molecule has 5 nitrogen and oxygen atoms in total. The van der Waals surface area contributed by atoms with Crippen LogP contribution < -0.4 is 10.0 Å². The van der Waals surface area contributed by atoms with E-state index in [4.69, 9.17) is 4.74 Å². The van der Waals surface area contributed by atoms with Crippen molar-refractivity contribution in [1.29, 1.82) is 0 Å². The van der Waals surface area contributed by atoms with Crippen LogP contribution in [-0.2, 0) is 14.8 Å². The molecule has 2 rings (SSSR count). The van der Waals surface area contributed by atoms with Gasteiger partial charge in [-0.15, -0.1) is 0 Å². The highest BCUT2D eigenvalue weighted by Gasteiger charge is 2.19. The number of nitrogens with one attached hydrogen (secondary N) is 2. The normalized spacial score (nSPS) is 20.2. The van der Waals surface area contributed by atoms with Gasteiger partial charge in [-0.1, -0.05) is 26.0 Å². The van der Waals surface area contributed by atoms with Gasteiger partial charge >= 0.3 is 0 Å². The van der Waals surface area contributed by atoms with E-state index in [-0.39, 0.29) is 6.10 Å². The summed E-state index contributed by atoms with van der Waals surface area (Å²) in [6.07, 6.45) is -0.103. The Balaban J connectivity index is 1.98. The number of hydrogen-bond acceptors (Lipinski definition) is 4. The fourth-order valence-electron chi connectivity index (χ4n) is 2.07. The third-order valence-corrected chi connectivity index (χ3v) is 4.80. The number of sulfonamides is 1. The Labute approximate surface area is 120 Å². The van der Waals surface area contributed by atoms with Crippen LogP contribution in [0.3, 0.4) is 0 Å². The largest absolute Gasteiger partial charge is 0.374 e. The Kier molecular flexibility index (Phi) is 5.15. The van der Waals surface area contributed by atoms with E-state index in [2.05, 4.69) is 23.9 Å². The monoisotopic (exact) mass is 298 g/mol. The lowest BCUT2D eigenvalue weighted by atomic mass is 10.0. The van der Waals surface area contributed by atoms with Crippen LogP contribution in [0, 0.1) is 0 Å². The van der Waals surface area contributed by atoms with E-state index in [1.165, 1.54) is 0 Å². The summed E-state index contributed by atoms with van der Waals surface area (Å²) in [5, 5.41) is 3.17. The van der Waals surface area contributed by atoms with Crippen molar-refractivity contribution in [3.8, 4) is 0 Å². The Morgan fingerprint density at radius 1 is 1.35 bits per heavy atom. The lowest BCUT2D eigenvalue weighted by molar-refractivity contribution is 0.0324. The summed E-state index contributed by atoms with van der Waals surface area (Å²) in [6, 6.07) is 7.02. The molecule has 1 aliphatic heterocycles. The van der Waals surface area contributed by atoms with Crippen LogP contribution in [0.5, 0.6) is 0 Å². The van der Waals surface area contributed by atoms with Crippen LogP contribution in [0.4, 0.5) is 0 Å². The van der Waals surface area contributed by atoms with E-state index in [0.29, 0.717) is 30.5 Å². The van der Waals surface area contributed by atoms with Gasteiger partial charge in [0.2, 0.25) is 10.0 Å². The van der Waals surface area contributed by atoms with E-state index >= 15 is 0 Å². The fourth-order valence-corrected chi connectivity index (χ4v) is 3.14. The average molecular weight is 298 g/mol. The van der Waals surface area contributed by atoms with Crippen LogP contribution in [0.25, 0.3) is 0 Å². The maximum absolute atomic E-state index is 12.2. The topological polar surface area (TPSA) is 67.4 Å². The second-order valence-corrected chi connectivity index (χ2v) is 7.04. The van der Waals surface area contributed by atoms with Crippen molar-refractivity contribution in [3.63, 3.8) is 0 Å². The Bertz CT molecular complexity index is 520. The van der Waals surface area contributed by atoms with Gasteiger partial charge in [0.15, 0.2) is 0 Å². The Morgan fingerprint density at radius 2 is 2.05 bits per heavy atom. The third kappa shape index (κ3) is 4.02. The molecule has 1 heterocycles. The quantitative estimate of drug-likeness (QED) is 0.853. The molecule has 112 valence electrons. The first-order valence-corrected chi connectivity index (χ1v) is 8.39. The lowest BCUT2D eigenvalue weighted by Crippen LogP contribution is -2.45. The standard InChI is InChI=1S/C14H22N2O3S/c1-11(2)12-3-5-14(6-4-12)20(17,18)16-10-13-9-15-7-8-19-13/h3-6,11,13,15-16H,7-10H2,1-2H3. The molecule has 1 saturated heterocycles. The van der Waals surface area contributed by atoms with Crippen LogP contribution in [0.1, 0.15) is 25.3 Å². The van der Waals surface area contributed by atoms with Crippen molar-refractivity contribution >= 4 is 10.0 Å². The van der Waals surface area contributed by atoms with E-state index < -0.39 is 10.0 Å². The van der Waals surface area contributed by atoms with Gasteiger partial charge in [-0.2, -0.15) is 0 Å². The van der Waals surface area contributed by atoms with Crippen molar-refractivity contribution in [3.05, 3.63) is 29.8 Å². The molecule has 1 fully saturated rings. The van der Waals surface area contributed by atoms with Gasteiger partial charge in [0.05, 0.1) is 17.6 Å². The SMILES string of the molecule is CC(C)c1ccc(S(=O)(=O)NCC2CNCCO2)cc1. The first-order chi connectivity index (χ1) is 9.49. The number of ether oxygens (including phenoxy) is 1. The molecule has 2 N–H and O–H groups in total. The van der Waals surface area contributed by atoms with Crippen LogP contribution >= 0.6 is 0 Å². The van der Waals surface area contributed by atoms with Gasteiger partial charge in [-0.3, -0.25) is 0 Å². The zero-order chi connectivity index (χ0) is 14.6. The number of rotatable bonds is 5. The summed E-state index contributed by atoms with van der Waals surface area (Å²) in [4.78, 5) is 0.297. The summed E-state index contributed by atoms with van der Waals surface area (Å²) in [5.74, 6) is 0.390. The maximum Gasteiger partial charge on any atom is 0.240 e. The van der Waals surface area contributed by atoms with E-state index in [1.54, 1.807) is 12.1 Å². The van der Waals surface area contributed by atoms with Crippen molar-refractivity contribution in [2.24, 2.45) is 0 Å². The molecule has 0 spiro atoms. The van der Waals surface area contributed by atoms with Crippen molar-refractivity contribution in [1.82, 2.24) is 10.0 Å². The zero-order valence-electron chi connectivity index (χ0n) is 11.9. The molecule has 1 aromatic carbocycles. The first-order valence-electron chi connectivity index (χ1n) is 6.91. The molecule has 1 atom stereocenters. The van der Waals surface area contributed by atoms with Gasteiger partial charge < -0.3 is 10.1 Å². The average Bonchev–Trinajstić information content (AvgIpc) is 2.46. The van der Waals surface area contributed by atoms with Crippen LogP contribution in [0.2, 0.25) is 0 Å². The highest BCUT2D eigenvalue weighted by molar-refractivity contribution is 7.89. The van der Waals surface area contributed by atoms with Crippen molar-refractivity contribution in [2.45, 2.75) is 30.8 Å². The molecule has 0 bridgehead atoms. The summed E-state index contributed by atoms with van der Waals surface area (Å²) >= 11 is 0. The predicted octanol–water partition coefficient (Wildman–Crippen LogP) is 1.08. The van der Waals surface area contributed by atoms with Crippen molar-refractivity contribution < 1.29 is 13.2 Å². The molecular weight excluding hydrogens is 276 g/mol. The molecular formula is C14H22N2O3S. The molecule has 0 saturated carbocycles. The van der Waals surface area contributed by atoms with E-state index in [0.717, 1.165) is 12.1 Å². The lowest BCUT2D eigenvalue weighted by Gasteiger charge is -2.23. The second kappa shape index (κ2) is 6.67. The zero-order valence-corrected chi connectivity index (χ0v) is 12.7. The third-order valence-electron chi connectivity index (χ3n) is 3.36. The molecule has 0 radical (unpaired) electrons. The highest BCUT2D eigenvalue weighted by atomic mass is 32.2. The number of morpholine rings is 1. The van der Waals surface area contributed by atoms with Gasteiger partial charge in [-0.05, 0) is 23.6 Å². The van der Waals surface area contributed by atoms with Crippen LogP contribution in [-0.4, -0.2) is 40.8 Å². The summed E-state index contributed by atoms with van der Waals surface area (Å²) < 4.78 is 32.4. The minimum Gasteiger partial charge on any atom is -0.374 e. The second-order valence-electron chi connectivity index (χ2n) is 5.27. The minimum atomic E-state index is -3.46. The number of hydrogen-bond donors (Lipinski definition) is 2. The molecule has 1 aromatic rings. The van der Waals surface area contributed by atoms with Gasteiger partial charge in [-0.25, -0.2) is 13.1 Å². The Morgan fingerprint density at radius 3 is 2.60 bits per heavy atom. The van der Waals surface area contributed by atoms with E-state index in [9.17, 15) is 8.42 Å². The first kappa shape index (κ1) is 15.4. The molecule has 1 aliphatic rings. The van der Waals surface area contributed by atoms with Crippen LogP contribution in [0.15, 0.2) is 29.2 Å². The Hall–Kier alpha value is -0.950. The number of benzene rings is 1. The summed E-state index contributed by atoms with van der Waals surface area (Å²) in [5.41, 5.74) is 1.13. The highest BCUT2D eigenvalue weighted by Crippen LogP contribution is 2.17. The summed E-state index contributed by atoms with van der Waals surface area (Å²) in [7, 11) is -3.46. The molecule has 1 unspecified atom stereocenters. The molecule has 0 aliphatic carbocycles. The predicted molar refractivity (Wildman–Crippen MR) is 78.3 cm³/mol. The fraction of sp³-hybridized carbons (Fsp3) is 0.571. The van der Waals surface area contributed by atoms with Gasteiger partial charge in [0.25, 0.3) is 0 Å². The van der Waals surface area contributed by atoms with Gasteiger partial charge in [0, 0.05) is 19.6 Å². The van der Waals surface area contributed by atoms with E-state index in [1.807, 2.05) is 12.1 Å². The molecule has 6 heteroatoms. The molecule has 0 amide bonds. The summed E-state index contributed by atoms with van der Waals surface area (Å²) in [6.45, 7) is 6.57. The molecule has 20 heavy (non-hydrogen) atoms. The minimum absolute atomic E-state index is 0.103. The maximum atomic E-state index is 12.2.